The minimum absolute atomic E-state index is 1.09. The average Bonchev–Trinajstić information content (AvgIpc) is 2.17. The van der Waals surface area contributed by atoms with Crippen molar-refractivity contribution in [2.75, 3.05) is 0 Å². The van der Waals surface area contributed by atoms with Gasteiger partial charge in [-0.2, -0.15) is 0 Å². The van der Waals surface area contributed by atoms with Crippen molar-refractivity contribution in [2.45, 2.75) is 20.3 Å². The van der Waals surface area contributed by atoms with Crippen LogP contribution in [0.2, 0.25) is 0 Å². The van der Waals surface area contributed by atoms with Gasteiger partial charge in [-0.05, 0) is 41.3 Å². The minimum Gasteiger partial charge on any atom is -0.0613 e. The van der Waals surface area contributed by atoms with Crippen LogP contribution >= 0.6 is 0 Å². The van der Waals surface area contributed by atoms with Crippen LogP contribution in [0.3, 0.4) is 0 Å². The van der Waals surface area contributed by atoms with Crippen LogP contribution in [0.1, 0.15) is 18.1 Å². The number of rotatable bonds is 1. The summed E-state index contributed by atoms with van der Waals surface area (Å²) in [7, 11) is 0. The van der Waals surface area contributed by atoms with Gasteiger partial charge in [-0.15, -0.1) is 0 Å². The van der Waals surface area contributed by atoms with E-state index in [1.165, 1.54) is 21.9 Å². The molecule has 0 aromatic heterocycles. The summed E-state index contributed by atoms with van der Waals surface area (Å²) in [6.45, 7) is 4.36. The Morgan fingerprint density at radius 1 is 1.23 bits per heavy atom. The zero-order valence-electron chi connectivity index (χ0n) is 8.09. The Kier molecular flexibility index (Phi) is 2.05. The van der Waals surface area contributed by atoms with E-state index in [0.717, 1.165) is 6.42 Å². The van der Waals surface area contributed by atoms with Crippen LogP contribution in [-0.4, -0.2) is 0 Å². The van der Waals surface area contributed by atoms with Gasteiger partial charge in [-0.25, -0.2) is 0 Å². The maximum Gasteiger partial charge on any atom is -0.00989 e. The second-order valence-corrected chi connectivity index (χ2v) is 3.35. The summed E-state index contributed by atoms with van der Waals surface area (Å²) in [5.74, 6) is 0. The highest BCUT2D eigenvalue weighted by atomic mass is 14.0. The molecule has 0 amide bonds. The summed E-state index contributed by atoms with van der Waals surface area (Å²) >= 11 is 0. The molecule has 0 bridgehead atoms. The average molecular weight is 169 g/mol. The van der Waals surface area contributed by atoms with Crippen molar-refractivity contribution in [1.82, 2.24) is 0 Å². The molecule has 0 aliphatic heterocycles. The van der Waals surface area contributed by atoms with E-state index in [0.29, 0.717) is 0 Å². The topological polar surface area (TPSA) is 0 Å². The van der Waals surface area contributed by atoms with Gasteiger partial charge in [0, 0.05) is 0 Å². The van der Waals surface area contributed by atoms with Gasteiger partial charge in [0.1, 0.15) is 0 Å². The van der Waals surface area contributed by atoms with E-state index >= 15 is 0 Å². The summed E-state index contributed by atoms with van der Waals surface area (Å²) in [5, 5.41) is 2.62. The molecule has 0 unspecified atom stereocenters. The van der Waals surface area contributed by atoms with Gasteiger partial charge in [0.2, 0.25) is 0 Å². The molecule has 2 aromatic carbocycles. The molecule has 0 nitrogen and oxygen atoms in total. The second-order valence-electron chi connectivity index (χ2n) is 3.35. The number of hydrogen-bond donors (Lipinski definition) is 0. The lowest BCUT2D eigenvalue weighted by Crippen LogP contribution is -1.86. The molecular formula is C13H13. The molecule has 0 N–H and O–H groups in total. The van der Waals surface area contributed by atoms with E-state index in [1.807, 2.05) is 6.07 Å². The first kappa shape index (κ1) is 8.31. The van der Waals surface area contributed by atoms with E-state index in [9.17, 15) is 0 Å². The monoisotopic (exact) mass is 169 g/mol. The molecule has 0 fully saturated rings. The molecule has 0 heteroatoms. The highest BCUT2D eigenvalue weighted by Gasteiger charge is 2.00. The maximum absolute atomic E-state index is 3.27. The Bertz CT molecular complexity index is 422. The predicted octanol–water partition coefficient (Wildman–Crippen LogP) is 3.51. The highest BCUT2D eigenvalue weighted by molar-refractivity contribution is 5.88. The number of benzene rings is 2. The van der Waals surface area contributed by atoms with Gasteiger partial charge < -0.3 is 0 Å². The summed E-state index contributed by atoms with van der Waals surface area (Å²) < 4.78 is 0. The number of aryl methyl sites for hydroxylation is 2. The van der Waals surface area contributed by atoms with Crippen LogP contribution in [0.5, 0.6) is 0 Å². The van der Waals surface area contributed by atoms with Crippen molar-refractivity contribution >= 4 is 10.8 Å². The van der Waals surface area contributed by atoms with Crippen LogP contribution in [0.25, 0.3) is 10.8 Å². The molecule has 1 radical (unpaired) electrons. The molecule has 2 aromatic rings. The Labute approximate surface area is 79.2 Å². The summed E-state index contributed by atoms with van der Waals surface area (Å²) in [6.07, 6.45) is 1.09. The molecule has 0 saturated carbocycles. The van der Waals surface area contributed by atoms with E-state index in [4.69, 9.17) is 0 Å². The van der Waals surface area contributed by atoms with E-state index in [1.54, 1.807) is 0 Å². The molecule has 0 heterocycles. The third-order valence-corrected chi connectivity index (χ3v) is 2.50. The fraction of sp³-hybridized carbons (Fsp3) is 0.231. The predicted molar refractivity (Wildman–Crippen MR) is 56.9 cm³/mol. The normalized spacial score (nSPS) is 10.6. The van der Waals surface area contributed by atoms with Gasteiger partial charge in [0.05, 0.1) is 0 Å². The van der Waals surface area contributed by atoms with Gasteiger partial charge in [0.15, 0.2) is 0 Å². The smallest absolute Gasteiger partial charge is 0.00989 e. The van der Waals surface area contributed by atoms with Gasteiger partial charge in [-0.1, -0.05) is 37.3 Å². The summed E-state index contributed by atoms with van der Waals surface area (Å²) in [6, 6.07) is 13.8. The zero-order valence-corrected chi connectivity index (χ0v) is 8.09. The molecule has 65 valence electrons. The van der Waals surface area contributed by atoms with E-state index in [2.05, 4.69) is 44.2 Å². The first-order chi connectivity index (χ1) is 6.33. The fourth-order valence-corrected chi connectivity index (χ4v) is 1.82. The summed E-state index contributed by atoms with van der Waals surface area (Å²) in [4.78, 5) is 0. The van der Waals surface area contributed by atoms with Crippen molar-refractivity contribution < 1.29 is 0 Å². The quantitative estimate of drug-likeness (QED) is 0.612. The van der Waals surface area contributed by atoms with Gasteiger partial charge in [-0.3, -0.25) is 0 Å². The lowest BCUT2D eigenvalue weighted by atomic mass is 9.99. The highest BCUT2D eigenvalue weighted by Crippen LogP contribution is 2.22. The van der Waals surface area contributed by atoms with Crippen LogP contribution < -0.4 is 0 Å². The minimum atomic E-state index is 1.09. The number of hydrogen-bond acceptors (Lipinski definition) is 0. The Hall–Kier alpha value is -1.30. The Morgan fingerprint density at radius 2 is 2.08 bits per heavy atom. The van der Waals surface area contributed by atoms with Crippen LogP contribution in [0.4, 0.5) is 0 Å². The van der Waals surface area contributed by atoms with Gasteiger partial charge in [0.25, 0.3) is 0 Å². The summed E-state index contributed by atoms with van der Waals surface area (Å²) in [5.41, 5.74) is 2.78. The molecular weight excluding hydrogens is 156 g/mol. The van der Waals surface area contributed by atoms with Crippen LogP contribution in [-0.2, 0) is 6.42 Å². The lowest BCUT2D eigenvalue weighted by molar-refractivity contribution is 1.16. The third kappa shape index (κ3) is 1.33. The third-order valence-electron chi connectivity index (χ3n) is 2.50. The zero-order chi connectivity index (χ0) is 9.26. The SMILES string of the molecule is CCc1cccc2[c]ccc(C)c12. The first-order valence-electron chi connectivity index (χ1n) is 4.72. The Morgan fingerprint density at radius 3 is 2.85 bits per heavy atom. The molecule has 0 aliphatic carbocycles. The molecule has 0 spiro atoms. The first-order valence-corrected chi connectivity index (χ1v) is 4.72. The fourth-order valence-electron chi connectivity index (χ4n) is 1.82. The standard InChI is InChI=1S/C13H13/c1-3-11-7-5-9-12-8-4-6-10(2)13(11)12/h4-7,9H,3H2,1-2H3. The Balaban J connectivity index is 2.87. The second kappa shape index (κ2) is 3.21. The van der Waals surface area contributed by atoms with Crippen molar-refractivity contribution in [2.24, 2.45) is 0 Å². The largest absolute Gasteiger partial charge is 0.0613 e. The van der Waals surface area contributed by atoms with Crippen LogP contribution in [0, 0.1) is 13.0 Å². The molecule has 0 atom stereocenters. The van der Waals surface area contributed by atoms with Gasteiger partial charge >= 0.3 is 0 Å². The van der Waals surface area contributed by atoms with Crippen molar-refractivity contribution in [3.63, 3.8) is 0 Å². The van der Waals surface area contributed by atoms with Crippen molar-refractivity contribution in [1.29, 1.82) is 0 Å². The molecule has 0 aliphatic rings. The van der Waals surface area contributed by atoms with Crippen LogP contribution in [0.15, 0.2) is 30.3 Å². The van der Waals surface area contributed by atoms with Crippen molar-refractivity contribution in [3.05, 3.63) is 47.5 Å². The molecule has 2 rings (SSSR count). The maximum atomic E-state index is 3.27. The van der Waals surface area contributed by atoms with E-state index in [-0.39, 0.29) is 0 Å². The lowest BCUT2D eigenvalue weighted by Gasteiger charge is -2.06. The molecule has 0 saturated heterocycles. The van der Waals surface area contributed by atoms with Crippen molar-refractivity contribution in [3.8, 4) is 0 Å². The number of fused-ring (bicyclic) bond motifs is 1. The van der Waals surface area contributed by atoms with E-state index < -0.39 is 0 Å². The molecule has 13 heavy (non-hydrogen) atoms.